The van der Waals surface area contributed by atoms with Gasteiger partial charge >= 0.3 is 0 Å². The fraction of sp³-hybridized carbons (Fsp3) is 0.357. The van der Waals surface area contributed by atoms with Crippen molar-refractivity contribution in [3.8, 4) is 5.95 Å². The Kier molecular flexibility index (Phi) is 2.24. The molecule has 1 aromatic heterocycles. The molecule has 3 nitrogen and oxygen atoms in total. The van der Waals surface area contributed by atoms with E-state index in [1.54, 1.807) is 0 Å². The number of ether oxygens (including phenoxy) is 1. The molecule has 0 spiro atoms. The zero-order chi connectivity index (χ0) is 12.9. The van der Waals surface area contributed by atoms with Crippen LogP contribution in [-0.2, 0) is 6.42 Å². The van der Waals surface area contributed by atoms with E-state index >= 15 is 0 Å². The van der Waals surface area contributed by atoms with Crippen molar-refractivity contribution in [2.24, 2.45) is 0 Å². The lowest BCUT2D eigenvalue weighted by Crippen LogP contribution is -2.34. The highest BCUT2D eigenvalue weighted by molar-refractivity contribution is 5.77. The highest BCUT2D eigenvalue weighted by atomic mass is 19.1. The summed E-state index contributed by atoms with van der Waals surface area (Å²) >= 11 is 0. The summed E-state index contributed by atoms with van der Waals surface area (Å²) in [5.41, 5.74) is 0.336. The minimum absolute atomic E-state index is 0.193. The Hall–Kier alpha value is -1.84. The largest absolute Gasteiger partial charge is 0.459 e. The number of hydrogen-bond acceptors (Lipinski definition) is 3. The Bertz CT molecular complexity index is 685. The maximum Gasteiger partial charge on any atom is 0.292 e. The van der Waals surface area contributed by atoms with Gasteiger partial charge in [-0.3, -0.25) is 4.79 Å². The number of halogens is 1. The van der Waals surface area contributed by atoms with Crippen LogP contribution >= 0.6 is 0 Å². The summed E-state index contributed by atoms with van der Waals surface area (Å²) in [5.74, 6) is -0.165. The maximum absolute atomic E-state index is 13.2. The highest BCUT2D eigenvalue weighted by Crippen LogP contribution is 2.33. The number of fused-ring (bicyclic) bond motifs is 2. The first kappa shape index (κ1) is 11.3. The lowest BCUT2D eigenvalue weighted by atomic mass is 9.95. The van der Waals surface area contributed by atoms with Crippen molar-refractivity contribution < 1.29 is 13.5 Å². The van der Waals surface area contributed by atoms with E-state index < -0.39 is 5.82 Å². The van der Waals surface area contributed by atoms with Crippen LogP contribution in [0.25, 0.3) is 11.0 Å². The molecule has 0 saturated carbocycles. The van der Waals surface area contributed by atoms with Crippen LogP contribution in [0.5, 0.6) is 5.95 Å². The Balaban J connectivity index is 2.29. The summed E-state index contributed by atoms with van der Waals surface area (Å²) in [7, 11) is 0. The van der Waals surface area contributed by atoms with Gasteiger partial charge in [-0.25, -0.2) is 4.39 Å². The molecular weight excluding hydrogens is 235 g/mol. The van der Waals surface area contributed by atoms with Gasteiger partial charge in [0.05, 0.1) is 10.9 Å². The van der Waals surface area contributed by atoms with Crippen molar-refractivity contribution in [1.82, 2.24) is 0 Å². The predicted molar refractivity (Wildman–Crippen MR) is 65.5 cm³/mol. The summed E-state index contributed by atoms with van der Waals surface area (Å²) in [6, 6.07) is 3.93. The van der Waals surface area contributed by atoms with Crippen molar-refractivity contribution in [1.29, 1.82) is 0 Å². The third-order valence-electron chi connectivity index (χ3n) is 3.26. The fourth-order valence-electron chi connectivity index (χ4n) is 2.21. The predicted octanol–water partition coefficient (Wildman–Crippen LogP) is 3.04. The molecule has 0 fully saturated rings. The van der Waals surface area contributed by atoms with Crippen molar-refractivity contribution in [2.75, 3.05) is 0 Å². The van der Waals surface area contributed by atoms with Gasteiger partial charge in [-0.2, -0.15) is 0 Å². The molecule has 94 valence electrons. The highest BCUT2D eigenvalue weighted by Gasteiger charge is 2.30. The SMILES string of the molecule is CC1(C)CCc2c(oc3ccc(F)cc3c2=O)O1. The van der Waals surface area contributed by atoms with Gasteiger partial charge < -0.3 is 9.15 Å². The lowest BCUT2D eigenvalue weighted by molar-refractivity contribution is 0.0532. The number of hydrogen-bond donors (Lipinski definition) is 0. The standard InChI is InChI=1S/C14H13FO3/c1-14(2)6-5-9-12(16)10-7-8(15)3-4-11(10)17-13(9)18-14/h3-4,7H,5-6H2,1-2H3. The molecule has 2 heterocycles. The first-order chi connectivity index (χ1) is 8.46. The molecule has 1 aliphatic heterocycles. The third kappa shape index (κ3) is 1.68. The zero-order valence-corrected chi connectivity index (χ0v) is 10.2. The van der Waals surface area contributed by atoms with Crippen molar-refractivity contribution in [2.45, 2.75) is 32.3 Å². The molecule has 1 aliphatic rings. The van der Waals surface area contributed by atoms with E-state index in [1.807, 2.05) is 13.8 Å². The van der Waals surface area contributed by atoms with E-state index in [4.69, 9.17) is 9.15 Å². The summed E-state index contributed by atoms with van der Waals surface area (Å²) in [6.07, 6.45) is 1.34. The second-order valence-corrected chi connectivity index (χ2v) is 5.20. The minimum atomic E-state index is -0.438. The Labute approximate surface area is 103 Å². The smallest absolute Gasteiger partial charge is 0.292 e. The molecule has 0 aliphatic carbocycles. The van der Waals surface area contributed by atoms with Crippen molar-refractivity contribution >= 4 is 11.0 Å². The van der Waals surface area contributed by atoms with Crippen molar-refractivity contribution in [3.63, 3.8) is 0 Å². The lowest BCUT2D eigenvalue weighted by Gasteiger charge is -2.30. The van der Waals surface area contributed by atoms with Crippen LogP contribution in [0.2, 0.25) is 0 Å². The summed E-state index contributed by atoms with van der Waals surface area (Å²) in [5, 5.41) is 0.275. The van der Waals surface area contributed by atoms with Gasteiger partial charge in [0.1, 0.15) is 17.0 Å². The molecule has 0 unspecified atom stereocenters. The second kappa shape index (κ2) is 3.57. The molecular formula is C14H13FO3. The quantitative estimate of drug-likeness (QED) is 0.719. The van der Waals surface area contributed by atoms with E-state index in [0.717, 1.165) is 6.42 Å². The average Bonchev–Trinajstić information content (AvgIpc) is 2.29. The fourth-order valence-corrected chi connectivity index (χ4v) is 2.21. The topological polar surface area (TPSA) is 39.4 Å². The van der Waals surface area contributed by atoms with Gasteiger partial charge in [0, 0.05) is 0 Å². The second-order valence-electron chi connectivity index (χ2n) is 5.20. The van der Waals surface area contributed by atoms with E-state index in [2.05, 4.69) is 0 Å². The monoisotopic (exact) mass is 248 g/mol. The Morgan fingerprint density at radius 2 is 2.11 bits per heavy atom. The average molecular weight is 248 g/mol. The Morgan fingerprint density at radius 3 is 2.89 bits per heavy atom. The molecule has 4 heteroatoms. The zero-order valence-electron chi connectivity index (χ0n) is 10.2. The van der Waals surface area contributed by atoms with Crippen molar-refractivity contribution in [3.05, 3.63) is 39.8 Å². The first-order valence-electron chi connectivity index (χ1n) is 5.90. The first-order valence-corrected chi connectivity index (χ1v) is 5.90. The van der Waals surface area contributed by atoms with Crippen LogP contribution in [0, 0.1) is 5.82 Å². The maximum atomic E-state index is 13.2. The van der Waals surface area contributed by atoms with Crippen LogP contribution in [0.3, 0.4) is 0 Å². The molecule has 0 bridgehead atoms. The molecule has 0 radical (unpaired) electrons. The summed E-state index contributed by atoms with van der Waals surface area (Å²) in [6.45, 7) is 3.90. The van der Waals surface area contributed by atoms with E-state index in [9.17, 15) is 9.18 Å². The van der Waals surface area contributed by atoms with Crippen LogP contribution in [0.1, 0.15) is 25.8 Å². The third-order valence-corrected chi connectivity index (χ3v) is 3.26. The molecule has 0 atom stereocenters. The molecule has 18 heavy (non-hydrogen) atoms. The molecule has 0 saturated heterocycles. The van der Waals surface area contributed by atoms with Gasteiger partial charge in [-0.15, -0.1) is 0 Å². The molecule has 2 aromatic rings. The van der Waals surface area contributed by atoms with Crippen LogP contribution in [0.15, 0.2) is 27.4 Å². The summed E-state index contributed by atoms with van der Waals surface area (Å²) < 4.78 is 24.4. The van der Waals surface area contributed by atoms with E-state index in [0.29, 0.717) is 17.6 Å². The number of benzene rings is 1. The van der Waals surface area contributed by atoms with Gasteiger partial charge in [0.15, 0.2) is 5.43 Å². The minimum Gasteiger partial charge on any atom is -0.459 e. The van der Waals surface area contributed by atoms with Crippen LogP contribution in [-0.4, -0.2) is 5.60 Å². The van der Waals surface area contributed by atoms with Gasteiger partial charge in [0.2, 0.25) is 0 Å². The van der Waals surface area contributed by atoms with E-state index in [-0.39, 0.29) is 22.4 Å². The molecule has 3 rings (SSSR count). The van der Waals surface area contributed by atoms with Crippen LogP contribution < -0.4 is 10.2 Å². The van der Waals surface area contributed by atoms with E-state index in [1.165, 1.54) is 18.2 Å². The van der Waals surface area contributed by atoms with Gasteiger partial charge in [-0.1, -0.05) is 0 Å². The molecule has 0 N–H and O–H groups in total. The molecule has 0 amide bonds. The Morgan fingerprint density at radius 1 is 1.33 bits per heavy atom. The number of rotatable bonds is 0. The normalized spacial score (nSPS) is 17.3. The molecule has 1 aromatic carbocycles. The summed E-state index contributed by atoms with van der Waals surface area (Å²) in [4.78, 5) is 12.2. The van der Waals surface area contributed by atoms with Gasteiger partial charge in [-0.05, 0) is 44.9 Å². The van der Waals surface area contributed by atoms with Crippen LogP contribution in [0.4, 0.5) is 4.39 Å². The van der Waals surface area contributed by atoms with Gasteiger partial charge in [0.25, 0.3) is 5.95 Å².